The molecule has 6 heteroatoms. The number of rotatable bonds is 2. The fourth-order valence-electron chi connectivity index (χ4n) is 2.37. The minimum atomic E-state index is -0.190. The van der Waals surface area contributed by atoms with Gasteiger partial charge >= 0.3 is 0 Å². The number of fused-ring (bicyclic) bond motifs is 3. The average Bonchev–Trinajstić information content (AvgIpc) is 2.92. The Balaban J connectivity index is 2.16. The Labute approximate surface area is 107 Å². The number of aryl methyl sites for hydroxylation is 2. The summed E-state index contributed by atoms with van der Waals surface area (Å²) in [6, 6.07) is 0. The van der Waals surface area contributed by atoms with Gasteiger partial charge in [-0.3, -0.25) is 14.2 Å². The Kier molecular flexibility index (Phi) is 2.66. The summed E-state index contributed by atoms with van der Waals surface area (Å²) in [7, 11) is 1.56. The summed E-state index contributed by atoms with van der Waals surface area (Å²) in [5.74, 6) is -0.190. The number of carbonyl (C=O) groups excluding carboxylic acids is 1. The number of nitrogens with zero attached hydrogens (tertiary/aromatic N) is 2. The summed E-state index contributed by atoms with van der Waals surface area (Å²) in [5, 5.41) is 3.23. The van der Waals surface area contributed by atoms with Crippen molar-refractivity contribution in [2.45, 2.75) is 25.8 Å². The van der Waals surface area contributed by atoms with Crippen molar-refractivity contribution in [2.24, 2.45) is 0 Å². The van der Waals surface area contributed by atoms with Gasteiger partial charge < -0.3 is 5.32 Å². The zero-order valence-corrected chi connectivity index (χ0v) is 10.8. The highest BCUT2D eigenvalue weighted by molar-refractivity contribution is 7.18. The molecule has 1 aliphatic carbocycles. The maximum Gasteiger partial charge on any atom is 0.262 e. The van der Waals surface area contributed by atoms with Gasteiger partial charge in [0.25, 0.3) is 5.56 Å². The van der Waals surface area contributed by atoms with E-state index in [0.29, 0.717) is 0 Å². The summed E-state index contributed by atoms with van der Waals surface area (Å²) in [4.78, 5) is 30.1. The maximum absolute atomic E-state index is 12.4. The zero-order valence-electron chi connectivity index (χ0n) is 10.0. The zero-order chi connectivity index (χ0) is 12.7. The summed E-state index contributed by atoms with van der Waals surface area (Å²) in [6.07, 6.45) is 4.58. The van der Waals surface area contributed by atoms with Crippen LogP contribution in [0.15, 0.2) is 11.1 Å². The van der Waals surface area contributed by atoms with Crippen LogP contribution in [0.4, 0.5) is 0 Å². The Bertz CT molecular complexity index is 686. The minimum absolute atomic E-state index is 0.0306. The van der Waals surface area contributed by atoms with Crippen molar-refractivity contribution in [3.63, 3.8) is 0 Å². The van der Waals surface area contributed by atoms with E-state index in [0.717, 1.165) is 35.0 Å². The smallest absolute Gasteiger partial charge is 0.262 e. The molecule has 94 valence electrons. The standard InChI is InChI=1S/C12H13N3O2S/c1-13-9(16)5-15-6-14-11-10(12(15)17)7-3-2-4-8(7)18-11/h6H,2-5H2,1H3,(H,13,16). The van der Waals surface area contributed by atoms with Gasteiger partial charge in [-0.1, -0.05) is 0 Å². The molecule has 0 radical (unpaired) electrons. The van der Waals surface area contributed by atoms with Gasteiger partial charge in [0.2, 0.25) is 5.91 Å². The lowest BCUT2D eigenvalue weighted by molar-refractivity contribution is -0.121. The molecule has 0 saturated heterocycles. The maximum atomic E-state index is 12.4. The number of hydrogen-bond acceptors (Lipinski definition) is 4. The molecule has 3 rings (SSSR count). The molecule has 0 saturated carbocycles. The van der Waals surface area contributed by atoms with Crippen LogP contribution >= 0.6 is 11.3 Å². The van der Waals surface area contributed by atoms with E-state index in [9.17, 15) is 9.59 Å². The quantitative estimate of drug-likeness (QED) is 0.867. The van der Waals surface area contributed by atoms with Crippen molar-refractivity contribution >= 4 is 27.5 Å². The fraction of sp³-hybridized carbons (Fsp3) is 0.417. The monoisotopic (exact) mass is 263 g/mol. The molecule has 0 spiro atoms. The van der Waals surface area contributed by atoms with E-state index in [1.807, 2.05) is 0 Å². The van der Waals surface area contributed by atoms with Gasteiger partial charge in [-0.2, -0.15) is 0 Å². The van der Waals surface area contributed by atoms with E-state index in [1.54, 1.807) is 18.4 Å². The second-order valence-corrected chi connectivity index (χ2v) is 5.47. The molecule has 0 bridgehead atoms. The van der Waals surface area contributed by atoms with Crippen LogP contribution < -0.4 is 10.9 Å². The first-order valence-electron chi connectivity index (χ1n) is 5.91. The highest BCUT2D eigenvalue weighted by atomic mass is 32.1. The van der Waals surface area contributed by atoms with Crippen molar-refractivity contribution in [3.05, 3.63) is 27.1 Å². The number of carbonyl (C=O) groups is 1. The third kappa shape index (κ3) is 1.64. The van der Waals surface area contributed by atoms with Crippen LogP contribution in [0.2, 0.25) is 0 Å². The molecule has 0 unspecified atom stereocenters. The predicted molar refractivity (Wildman–Crippen MR) is 70.0 cm³/mol. The fourth-order valence-corrected chi connectivity index (χ4v) is 3.59. The van der Waals surface area contributed by atoms with E-state index in [4.69, 9.17) is 0 Å². The third-order valence-electron chi connectivity index (χ3n) is 3.28. The number of hydrogen-bond donors (Lipinski definition) is 1. The molecule has 0 atom stereocenters. The summed E-state index contributed by atoms with van der Waals surface area (Å²) in [6.45, 7) is 0.0306. The lowest BCUT2D eigenvalue weighted by Gasteiger charge is -2.04. The molecule has 0 aliphatic heterocycles. The molecule has 1 N–H and O–H groups in total. The number of aromatic nitrogens is 2. The number of nitrogens with one attached hydrogen (secondary N) is 1. The molecule has 0 aromatic carbocycles. The van der Waals surface area contributed by atoms with Crippen LogP contribution in [-0.2, 0) is 24.2 Å². The SMILES string of the molecule is CNC(=O)Cn1cnc2sc3c(c2c1=O)CCC3. The van der Waals surface area contributed by atoms with E-state index in [2.05, 4.69) is 10.3 Å². The van der Waals surface area contributed by atoms with Gasteiger partial charge in [0.15, 0.2) is 0 Å². The van der Waals surface area contributed by atoms with Crippen molar-refractivity contribution in [3.8, 4) is 0 Å². The number of amides is 1. The van der Waals surface area contributed by atoms with Crippen LogP contribution in [0.25, 0.3) is 10.2 Å². The van der Waals surface area contributed by atoms with Gasteiger partial charge in [-0.05, 0) is 24.8 Å². The molecule has 18 heavy (non-hydrogen) atoms. The van der Waals surface area contributed by atoms with Crippen LogP contribution in [0.5, 0.6) is 0 Å². The molecule has 0 fully saturated rings. The Morgan fingerprint density at radius 1 is 1.56 bits per heavy atom. The molecular weight excluding hydrogens is 250 g/mol. The first-order chi connectivity index (χ1) is 8.70. The lowest BCUT2D eigenvalue weighted by atomic mass is 10.2. The second-order valence-electron chi connectivity index (χ2n) is 4.39. The van der Waals surface area contributed by atoms with Crippen LogP contribution in [0, 0.1) is 0 Å². The molecule has 2 heterocycles. The Morgan fingerprint density at radius 2 is 2.39 bits per heavy atom. The van der Waals surface area contributed by atoms with Gasteiger partial charge in [0.1, 0.15) is 11.4 Å². The largest absolute Gasteiger partial charge is 0.358 e. The van der Waals surface area contributed by atoms with Crippen molar-refractivity contribution in [1.82, 2.24) is 14.9 Å². The second kappa shape index (κ2) is 4.20. The molecule has 5 nitrogen and oxygen atoms in total. The number of likely N-dealkylation sites (N-methyl/N-ethyl adjacent to an activating group) is 1. The molecule has 1 amide bonds. The van der Waals surface area contributed by atoms with Gasteiger partial charge in [0, 0.05) is 11.9 Å². The first kappa shape index (κ1) is 11.4. The highest BCUT2D eigenvalue weighted by Crippen LogP contribution is 2.34. The van der Waals surface area contributed by atoms with E-state index >= 15 is 0 Å². The normalized spacial score (nSPS) is 13.8. The molecule has 2 aromatic rings. The van der Waals surface area contributed by atoms with Crippen molar-refractivity contribution in [1.29, 1.82) is 0 Å². The molecule has 2 aromatic heterocycles. The third-order valence-corrected chi connectivity index (χ3v) is 4.48. The minimum Gasteiger partial charge on any atom is -0.358 e. The summed E-state index contributed by atoms with van der Waals surface area (Å²) in [5.41, 5.74) is 1.06. The van der Waals surface area contributed by atoms with Gasteiger partial charge in [-0.25, -0.2) is 4.98 Å². The summed E-state index contributed by atoms with van der Waals surface area (Å²) < 4.78 is 1.38. The van der Waals surface area contributed by atoms with E-state index in [-0.39, 0.29) is 18.0 Å². The molecular formula is C12H13N3O2S. The summed E-state index contributed by atoms with van der Waals surface area (Å²) >= 11 is 1.61. The lowest BCUT2D eigenvalue weighted by Crippen LogP contribution is -2.30. The van der Waals surface area contributed by atoms with Crippen LogP contribution in [0.1, 0.15) is 16.9 Å². The molecule has 1 aliphatic rings. The van der Waals surface area contributed by atoms with Crippen LogP contribution in [0.3, 0.4) is 0 Å². The van der Waals surface area contributed by atoms with Crippen molar-refractivity contribution < 1.29 is 4.79 Å². The van der Waals surface area contributed by atoms with E-state index < -0.39 is 0 Å². The predicted octanol–water partition coefficient (Wildman–Crippen LogP) is 0.693. The van der Waals surface area contributed by atoms with Crippen LogP contribution in [-0.4, -0.2) is 22.5 Å². The van der Waals surface area contributed by atoms with Gasteiger partial charge in [0.05, 0.1) is 11.7 Å². The first-order valence-corrected chi connectivity index (χ1v) is 6.72. The Hall–Kier alpha value is -1.69. The van der Waals surface area contributed by atoms with E-state index in [1.165, 1.54) is 15.8 Å². The van der Waals surface area contributed by atoms with Gasteiger partial charge in [-0.15, -0.1) is 11.3 Å². The average molecular weight is 263 g/mol. The van der Waals surface area contributed by atoms with Crippen molar-refractivity contribution in [2.75, 3.05) is 7.05 Å². The highest BCUT2D eigenvalue weighted by Gasteiger charge is 2.21. The Morgan fingerprint density at radius 3 is 3.17 bits per heavy atom. The topological polar surface area (TPSA) is 64.0 Å². The number of thiophene rings is 1.